The van der Waals surface area contributed by atoms with Gasteiger partial charge in [-0.15, -0.1) is 0 Å². The summed E-state index contributed by atoms with van der Waals surface area (Å²) in [6, 6.07) is 11.5. The Bertz CT molecular complexity index is 1110. The van der Waals surface area contributed by atoms with Crippen molar-refractivity contribution in [2.24, 2.45) is 5.92 Å². The number of Topliss-reactive ketones (excluding diaryl/α,β-unsaturated/α-hetero) is 1. The number of hydrogen-bond acceptors (Lipinski definition) is 6. The van der Waals surface area contributed by atoms with Gasteiger partial charge in [0.1, 0.15) is 5.75 Å². The predicted octanol–water partition coefficient (Wildman–Crippen LogP) is 4.75. The molecule has 0 aromatic heterocycles. The first-order valence-electron chi connectivity index (χ1n) is 11.9. The van der Waals surface area contributed by atoms with E-state index < -0.39 is 0 Å². The van der Waals surface area contributed by atoms with Gasteiger partial charge < -0.3 is 24.3 Å². The van der Waals surface area contributed by atoms with E-state index in [4.69, 9.17) is 18.9 Å². The third kappa shape index (κ3) is 5.14. The van der Waals surface area contributed by atoms with Crippen LogP contribution < -0.4 is 24.3 Å². The molecule has 2 atom stereocenters. The Hall–Kier alpha value is -3.48. The molecule has 1 N–H and O–H groups in total. The first-order valence-corrected chi connectivity index (χ1v) is 11.9. The highest BCUT2D eigenvalue weighted by Gasteiger charge is 2.38. The molecule has 1 aliphatic carbocycles. The minimum Gasteiger partial charge on any atom is -0.493 e. The summed E-state index contributed by atoms with van der Waals surface area (Å²) in [5.41, 5.74) is 3.27. The number of rotatable bonds is 8. The number of benzene rings is 2. The molecule has 1 aliphatic heterocycles. The summed E-state index contributed by atoms with van der Waals surface area (Å²) in [7, 11) is 4.69. The molecule has 0 fully saturated rings. The highest BCUT2D eigenvalue weighted by atomic mass is 16.5. The SMILES string of the molecule is COc1cc(C2CC(=O)C3=C(C2)NC(=O)CC3c2ccc(OCC(C)C)cc2)cc(OC)c1OC. The van der Waals surface area contributed by atoms with E-state index in [0.29, 0.717) is 53.9 Å². The number of ketones is 1. The van der Waals surface area contributed by atoms with Gasteiger partial charge in [-0.3, -0.25) is 9.59 Å². The summed E-state index contributed by atoms with van der Waals surface area (Å²) < 4.78 is 22.2. The third-order valence-corrected chi connectivity index (χ3v) is 6.56. The lowest BCUT2D eigenvalue weighted by atomic mass is 9.73. The van der Waals surface area contributed by atoms with E-state index in [1.54, 1.807) is 21.3 Å². The van der Waals surface area contributed by atoms with Gasteiger partial charge in [0.15, 0.2) is 17.3 Å². The first-order chi connectivity index (χ1) is 16.8. The Balaban J connectivity index is 1.63. The molecule has 186 valence electrons. The molecule has 0 radical (unpaired) electrons. The van der Waals surface area contributed by atoms with Gasteiger partial charge in [-0.1, -0.05) is 26.0 Å². The lowest BCUT2D eigenvalue weighted by Gasteiger charge is -2.34. The zero-order chi connectivity index (χ0) is 25.1. The fourth-order valence-electron chi connectivity index (χ4n) is 4.88. The number of methoxy groups -OCH3 is 3. The van der Waals surface area contributed by atoms with E-state index >= 15 is 0 Å². The molecule has 1 amide bonds. The van der Waals surface area contributed by atoms with Crippen LogP contribution in [0.3, 0.4) is 0 Å². The molecule has 2 aromatic carbocycles. The number of nitrogens with one attached hydrogen (secondary N) is 1. The topological polar surface area (TPSA) is 83.1 Å². The zero-order valence-corrected chi connectivity index (χ0v) is 21.0. The number of amides is 1. The van der Waals surface area contributed by atoms with Crippen LogP contribution in [0.1, 0.15) is 56.1 Å². The summed E-state index contributed by atoms with van der Waals surface area (Å²) >= 11 is 0. The quantitative estimate of drug-likeness (QED) is 0.588. The molecule has 2 aromatic rings. The Kier molecular flexibility index (Phi) is 7.34. The predicted molar refractivity (Wildman–Crippen MR) is 132 cm³/mol. The van der Waals surface area contributed by atoms with Crippen molar-refractivity contribution in [3.8, 4) is 23.0 Å². The Labute approximate surface area is 206 Å². The van der Waals surface area contributed by atoms with Crippen LogP contribution in [0.25, 0.3) is 0 Å². The van der Waals surface area contributed by atoms with Crippen LogP contribution in [-0.2, 0) is 9.59 Å². The van der Waals surface area contributed by atoms with Gasteiger partial charge in [0.25, 0.3) is 0 Å². The van der Waals surface area contributed by atoms with Gasteiger partial charge in [-0.25, -0.2) is 0 Å². The molecule has 4 rings (SSSR count). The molecule has 0 bridgehead atoms. The molecule has 0 saturated carbocycles. The van der Waals surface area contributed by atoms with E-state index in [1.165, 1.54) is 0 Å². The standard InChI is InChI=1S/C28H33NO6/c1-16(2)15-35-20-8-6-17(7-9-20)21-14-26(31)29-22-10-18(11-23(30)27(21)22)19-12-24(32-3)28(34-5)25(13-19)33-4/h6-9,12-13,16,18,21H,10-11,14-15H2,1-5H3,(H,29,31). The summed E-state index contributed by atoms with van der Waals surface area (Å²) in [6.07, 6.45) is 1.16. The Morgan fingerprint density at radius 1 is 0.886 bits per heavy atom. The Morgan fingerprint density at radius 3 is 2.11 bits per heavy atom. The number of allylic oxidation sites excluding steroid dienone is 2. The van der Waals surface area contributed by atoms with Gasteiger partial charge in [-0.05, 0) is 53.6 Å². The van der Waals surface area contributed by atoms with Crippen LogP contribution in [0, 0.1) is 5.92 Å². The van der Waals surface area contributed by atoms with Crippen molar-refractivity contribution in [1.29, 1.82) is 0 Å². The maximum atomic E-state index is 13.5. The van der Waals surface area contributed by atoms with Gasteiger partial charge in [0, 0.05) is 30.0 Å². The minimum absolute atomic E-state index is 0.0511. The van der Waals surface area contributed by atoms with Crippen LogP contribution in [0.15, 0.2) is 47.7 Å². The van der Waals surface area contributed by atoms with Crippen molar-refractivity contribution < 1.29 is 28.5 Å². The van der Waals surface area contributed by atoms with Crippen molar-refractivity contribution in [2.75, 3.05) is 27.9 Å². The van der Waals surface area contributed by atoms with Gasteiger partial charge in [-0.2, -0.15) is 0 Å². The van der Waals surface area contributed by atoms with Crippen molar-refractivity contribution in [3.63, 3.8) is 0 Å². The fraction of sp³-hybridized carbons (Fsp3) is 0.429. The second kappa shape index (κ2) is 10.4. The molecule has 0 spiro atoms. The summed E-state index contributed by atoms with van der Waals surface area (Å²) in [4.78, 5) is 26.1. The average molecular weight is 480 g/mol. The molecular weight excluding hydrogens is 446 g/mol. The molecule has 2 aliphatic rings. The number of carbonyl (C=O) groups excluding carboxylic acids is 2. The van der Waals surface area contributed by atoms with Crippen molar-refractivity contribution in [2.45, 2.75) is 44.9 Å². The van der Waals surface area contributed by atoms with Crippen LogP contribution in [0.4, 0.5) is 0 Å². The summed E-state index contributed by atoms with van der Waals surface area (Å²) in [6.45, 7) is 4.84. The largest absolute Gasteiger partial charge is 0.493 e. The molecule has 0 saturated heterocycles. The van der Waals surface area contributed by atoms with E-state index in [2.05, 4.69) is 19.2 Å². The second-order valence-electron chi connectivity index (χ2n) is 9.46. The first kappa shape index (κ1) is 24.6. The third-order valence-electron chi connectivity index (χ3n) is 6.56. The number of carbonyl (C=O) groups is 2. The van der Waals surface area contributed by atoms with E-state index in [-0.39, 0.29) is 29.9 Å². The van der Waals surface area contributed by atoms with E-state index in [9.17, 15) is 9.59 Å². The average Bonchev–Trinajstić information content (AvgIpc) is 2.85. The van der Waals surface area contributed by atoms with Crippen LogP contribution in [-0.4, -0.2) is 39.6 Å². The maximum absolute atomic E-state index is 13.5. The second-order valence-corrected chi connectivity index (χ2v) is 9.46. The zero-order valence-electron chi connectivity index (χ0n) is 21.0. The monoisotopic (exact) mass is 479 g/mol. The van der Waals surface area contributed by atoms with Gasteiger partial charge in [0.2, 0.25) is 11.7 Å². The van der Waals surface area contributed by atoms with Gasteiger partial charge in [0.05, 0.1) is 27.9 Å². The molecular formula is C28H33NO6. The molecule has 35 heavy (non-hydrogen) atoms. The lowest BCUT2D eigenvalue weighted by Crippen LogP contribution is -2.38. The van der Waals surface area contributed by atoms with Crippen molar-refractivity contribution in [1.82, 2.24) is 5.32 Å². The number of ether oxygens (including phenoxy) is 4. The van der Waals surface area contributed by atoms with Crippen LogP contribution in [0.2, 0.25) is 0 Å². The normalized spacial score (nSPS) is 19.8. The smallest absolute Gasteiger partial charge is 0.225 e. The highest BCUT2D eigenvalue weighted by Crippen LogP contribution is 2.46. The lowest BCUT2D eigenvalue weighted by molar-refractivity contribution is -0.122. The van der Waals surface area contributed by atoms with Crippen molar-refractivity contribution in [3.05, 3.63) is 58.8 Å². The minimum atomic E-state index is -0.258. The Morgan fingerprint density at radius 2 is 1.54 bits per heavy atom. The van der Waals surface area contributed by atoms with Crippen molar-refractivity contribution >= 4 is 11.7 Å². The van der Waals surface area contributed by atoms with Crippen LogP contribution in [0.5, 0.6) is 23.0 Å². The molecule has 2 unspecified atom stereocenters. The van der Waals surface area contributed by atoms with Gasteiger partial charge >= 0.3 is 0 Å². The molecule has 7 heteroatoms. The summed E-state index contributed by atoms with van der Waals surface area (Å²) in [5.74, 6) is 2.41. The molecule has 7 nitrogen and oxygen atoms in total. The van der Waals surface area contributed by atoms with E-state index in [0.717, 1.165) is 16.9 Å². The van der Waals surface area contributed by atoms with Crippen LogP contribution >= 0.6 is 0 Å². The van der Waals surface area contributed by atoms with E-state index in [1.807, 2.05) is 36.4 Å². The fourth-order valence-corrected chi connectivity index (χ4v) is 4.88. The maximum Gasteiger partial charge on any atom is 0.225 e. The molecule has 1 heterocycles. The number of hydrogen-bond donors (Lipinski definition) is 1. The highest BCUT2D eigenvalue weighted by molar-refractivity contribution is 6.02. The summed E-state index contributed by atoms with van der Waals surface area (Å²) in [5, 5.41) is 2.98.